The number of hydrogen-bond donors (Lipinski definition) is 0. The summed E-state index contributed by atoms with van der Waals surface area (Å²) in [4.78, 5) is 11.6. The largest absolute Gasteiger partial charge is 0.420 e. The first-order chi connectivity index (χ1) is 12.3. The van der Waals surface area contributed by atoms with E-state index in [2.05, 4.69) is 16.4 Å². The van der Waals surface area contributed by atoms with Gasteiger partial charge in [0.2, 0.25) is 0 Å². The second kappa shape index (κ2) is 5.17. The lowest BCUT2D eigenvalue weighted by atomic mass is 10.2. The molecule has 5 aromatic rings. The van der Waals surface area contributed by atoms with E-state index in [0.29, 0.717) is 17.1 Å². The zero-order valence-electron chi connectivity index (χ0n) is 13.0. The molecule has 0 spiro atoms. The molecular formula is C19H12N4O2. The average Bonchev–Trinajstić information content (AvgIpc) is 3.28. The first-order valence-corrected chi connectivity index (χ1v) is 7.82. The Morgan fingerprint density at radius 1 is 0.880 bits per heavy atom. The summed E-state index contributed by atoms with van der Waals surface area (Å²) in [5.41, 5.74) is 1.82. The standard InChI is InChI=1S/C19H12N4O2/c24-18-9-8-14-5-3-7-16(19(14)25-18)23-12-17(20-21-23)22-11-10-13-4-1-2-6-15(13)22/h1-12H. The van der Waals surface area contributed by atoms with E-state index in [1.54, 1.807) is 10.7 Å². The molecule has 25 heavy (non-hydrogen) atoms. The lowest BCUT2D eigenvalue weighted by Crippen LogP contribution is -2.00. The maximum atomic E-state index is 11.6. The van der Waals surface area contributed by atoms with Crippen LogP contribution in [0.3, 0.4) is 0 Å². The third-order valence-corrected chi connectivity index (χ3v) is 4.20. The normalized spacial score (nSPS) is 11.4. The molecule has 0 amide bonds. The van der Waals surface area contributed by atoms with Crippen LogP contribution in [0.2, 0.25) is 0 Å². The minimum Gasteiger partial charge on any atom is -0.420 e. The van der Waals surface area contributed by atoms with Gasteiger partial charge in [0.05, 0.1) is 11.7 Å². The maximum absolute atomic E-state index is 11.6. The predicted octanol–water partition coefficient (Wildman–Crippen LogP) is 3.32. The third kappa shape index (κ3) is 2.15. The first kappa shape index (κ1) is 13.7. The van der Waals surface area contributed by atoms with E-state index in [0.717, 1.165) is 16.3 Å². The highest BCUT2D eigenvalue weighted by Gasteiger charge is 2.11. The topological polar surface area (TPSA) is 65.8 Å². The van der Waals surface area contributed by atoms with Crippen LogP contribution >= 0.6 is 0 Å². The fraction of sp³-hybridized carbons (Fsp3) is 0. The van der Waals surface area contributed by atoms with Crippen molar-refractivity contribution in [2.45, 2.75) is 0 Å². The molecule has 2 aromatic carbocycles. The summed E-state index contributed by atoms with van der Waals surface area (Å²) >= 11 is 0. The molecule has 0 bridgehead atoms. The van der Waals surface area contributed by atoms with Gasteiger partial charge in [-0.25, -0.2) is 9.48 Å². The highest BCUT2D eigenvalue weighted by atomic mass is 16.4. The third-order valence-electron chi connectivity index (χ3n) is 4.20. The van der Waals surface area contributed by atoms with E-state index in [1.165, 1.54) is 6.07 Å². The van der Waals surface area contributed by atoms with Gasteiger partial charge in [-0.15, -0.1) is 5.10 Å². The minimum absolute atomic E-state index is 0.392. The number of para-hydroxylation sites is 2. The van der Waals surface area contributed by atoms with Crippen molar-refractivity contribution in [2.75, 3.05) is 0 Å². The number of aromatic nitrogens is 4. The van der Waals surface area contributed by atoms with Crippen LogP contribution in [0.15, 0.2) is 82.3 Å². The van der Waals surface area contributed by atoms with Crippen molar-refractivity contribution in [2.24, 2.45) is 0 Å². The van der Waals surface area contributed by atoms with Gasteiger partial charge in [-0.2, -0.15) is 0 Å². The number of benzene rings is 2. The van der Waals surface area contributed by atoms with Gasteiger partial charge in [0, 0.05) is 17.6 Å². The van der Waals surface area contributed by atoms with Crippen molar-refractivity contribution in [1.82, 2.24) is 19.6 Å². The van der Waals surface area contributed by atoms with Crippen LogP contribution in [0.25, 0.3) is 33.4 Å². The van der Waals surface area contributed by atoms with Gasteiger partial charge in [0.15, 0.2) is 11.4 Å². The van der Waals surface area contributed by atoms with E-state index in [1.807, 2.05) is 59.4 Å². The summed E-state index contributed by atoms with van der Waals surface area (Å²) in [5, 5.41) is 10.4. The number of hydrogen-bond acceptors (Lipinski definition) is 4. The number of nitrogens with zero attached hydrogens (tertiary/aromatic N) is 4. The van der Waals surface area contributed by atoms with Gasteiger partial charge in [0.25, 0.3) is 0 Å². The molecule has 0 N–H and O–H groups in total. The van der Waals surface area contributed by atoms with Crippen molar-refractivity contribution in [3.63, 3.8) is 0 Å². The lowest BCUT2D eigenvalue weighted by Gasteiger charge is -2.03. The zero-order valence-corrected chi connectivity index (χ0v) is 13.0. The van der Waals surface area contributed by atoms with Crippen LogP contribution in [0.1, 0.15) is 0 Å². The van der Waals surface area contributed by atoms with E-state index >= 15 is 0 Å². The molecule has 120 valence electrons. The second-order valence-corrected chi connectivity index (χ2v) is 5.72. The fourth-order valence-corrected chi connectivity index (χ4v) is 3.02. The molecule has 3 heterocycles. The Morgan fingerprint density at radius 2 is 1.76 bits per heavy atom. The Labute approximate surface area is 141 Å². The van der Waals surface area contributed by atoms with E-state index in [9.17, 15) is 4.79 Å². The Bertz CT molecular complexity index is 1280. The van der Waals surface area contributed by atoms with Gasteiger partial charge in [-0.1, -0.05) is 35.5 Å². The van der Waals surface area contributed by atoms with Crippen LogP contribution in [-0.2, 0) is 0 Å². The van der Waals surface area contributed by atoms with Gasteiger partial charge >= 0.3 is 5.63 Å². The number of fused-ring (bicyclic) bond motifs is 2. The van der Waals surface area contributed by atoms with Crippen LogP contribution < -0.4 is 5.63 Å². The molecule has 0 saturated carbocycles. The summed E-state index contributed by atoms with van der Waals surface area (Å²) in [6.45, 7) is 0. The monoisotopic (exact) mass is 328 g/mol. The molecule has 0 saturated heterocycles. The van der Waals surface area contributed by atoms with Gasteiger partial charge in [-0.3, -0.25) is 4.57 Å². The van der Waals surface area contributed by atoms with E-state index in [-0.39, 0.29) is 0 Å². The summed E-state index contributed by atoms with van der Waals surface area (Å²) in [6.07, 6.45) is 3.77. The quantitative estimate of drug-likeness (QED) is 0.466. The first-order valence-electron chi connectivity index (χ1n) is 7.82. The summed E-state index contributed by atoms with van der Waals surface area (Å²) < 4.78 is 8.96. The summed E-state index contributed by atoms with van der Waals surface area (Å²) in [7, 11) is 0. The second-order valence-electron chi connectivity index (χ2n) is 5.72. The molecule has 0 fully saturated rings. The highest BCUT2D eigenvalue weighted by Crippen LogP contribution is 2.22. The van der Waals surface area contributed by atoms with Gasteiger partial charge in [-0.05, 0) is 29.7 Å². The fourth-order valence-electron chi connectivity index (χ4n) is 3.02. The molecule has 5 rings (SSSR count). The Morgan fingerprint density at radius 3 is 2.72 bits per heavy atom. The molecule has 6 nitrogen and oxygen atoms in total. The van der Waals surface area contributed by atoms with Crippen molar-refractivity contribution in [3.8, 4) is 11.5 Å². The zero-order chi connectivity index (χ0) is 16.8. The molecule has 0 aliphatic carbocycles. The molecule has 3 aromatic heterocycles. The molecule has 0 unspecified atom stereocenters. The number of rotatable bonds is 2. The minimum atomic E-state index is -0.392. The molecule has 0 aliphatic rings. The van der Waals surface area contributed by atoms with Gasteiger partial charge < -0.3 is 4.42 Å². The Hall–Kier alpha value is -3.67. The summed E-state index contributed by atoms with van der Waals surface area (Å²) in [6, 6.07) is 18.9. The van der Waals surface area contributed by atoms with Gasteiger partial charge in [0.1, 0.15) is 5.69 Å². The smallest absolute Gasteiger partial charge is 0.336 e. The molecule has 0 atom stereocenters. The van der Waals surface area contributed by atoms with E-state index in [4.69, 9.17) is 4.42 Å². The highest BCUT2D eigenvalue weighted by molar-refractivity contribution is 5.84. The van der Waals surface area contributed by atoms with Crippen molar-refractivity contribution >= 4 is 21.9 Å². The van der Waals surface area contributed by atoms with E-state index < -0.39 is 5.63 Å². The summed E-state index contributed by atoms with van der Waals surface area (Å²) in [5.74, 6) is 0.691. The predicted molar refractivity (Wildman–Crippen MR) is 94.2 cm³/mol. The average molecular weight is 328 g/mol. The van der Waals surface area contributed by atoms with Crippen LogP contribution in [0, 0.1) is 0 Å². The Balaban J connectivity index is 1.69. The van der Waals surface area contributed by atoms with Crippen molar-refractivity contribution in [3.05, 3.63) is 83.5 Å². The molecular weight excluding hydrogens is 316 g/mol. The van der Waals surface area contributed by atoms with Crippen molar-refractivity contribution in [1.29, 1.82) is 0 Å². The van der Waals surface area contributed by atoms with Crippen molar-refractivity contribution < 1.29 is 4.42 Å². The molecule has 0 radical (unpaired) electrons. The maximum Gasteiger partial charge on any atom is 0.336 e. The SMILES string of the molecule is O=c1ccc2cccc(-n3cc(-n4ccc5ccccc54)nn3)c2o1. The van der Waals surface area contributed by atoms with Crippen LogP contribution in [0.5, 0.6) is 0 Å². The molecule has 6 heteroatoms. The van der Waals surface area contributed by atoms with Crippen LogP contribution in [0.4, 0.5) is 0 Å². The van der Waals surface area contributed by atoms with Crippen LogP contribution in [-0.4, -0.2) is 19.6 Å². The Kier molecular flexibility index (Phi) is 2.84. The lowest BCUT2D eigenvalue weighted by molar-refractivity contribution is 0.557. The molecule has 0 aliphatic heterocycles.